The topological polar surface area (TPSA) is 40.5 Å². The zero-order valence-electron chi connectivity index (χ0n) is 10.6. The zero-order valence-corrected chi connectivity index (χ0v) is 10.6. The Labute approximate surface area is 102 Å². The third-order valence-electron chi connectivity index (χ3n) is 3.66. The number of phenolic OH excluding ortho intramolecular Hbond substituents is 1. The molecule has 0 saturated heterocycles. The summed E-state index contributed by atoms with van der Waals surface area (Å²) in [5.74, 6) is 0.326. The summed E-state index contributed by atoms with van der Waals surface area (Å²) >= 11 is 0. The van der Waals surface area contributed by atoms with E-state index in [2.05, 4.69) is 6.58 Å². The molecule has 0 saturated carbocycles. The third-order valence-corrected chi connectivity index (χ3v) is 3.66. The Balaban J connectivity index is 2.75. The van der Waals surface area contributed by atoms with Gasteiger partial charge in [-0.25, -0.2) is 0 Å². The first-order valence-corrected chi connectivity index (χ1v) is 5.82. The van der Waals surface area contributed by atoms with Crippen LogP contribution in [0, 0.1) is 13.8 Å². The SMILES string of the molecule is C=C1C(C)=Cc2c(O)c(C)c(CCO)c(C)c21. The van der Waals surface area contributed by atoms with E-state index in [1.807, 2.05) is 26.8 Å². The van der Waals surface area contributed by atoms with E-state index in [0.29, 0.717) is 12.2 Å². The molecule has 2 rings (SSSR count). The maximum Gasteiger partial charge on any atom is 0.126 e. The molecule has 17 heavy (non-hydrogen) atoms. The molecule has 0 bridgehead atoms. The highest BCUT2D eigenvalue weighted by atomic mass is 16.3. The second-order valence-corrected chi connectivity index (χ2v) is 4.65. The van der Waals surface area contributed by atoms with Gasteiger partial charge in [0.05, 0.1) is 0 Å². The summed E-state index contributed by atoms with van der Waals surface area (Å²) < 4.78 is 0. The molecule has 90 valence electrons. The highest BCUT2D eigenvalue weighted by molar-refractivity contribution is 5.96. The molecule has 2 nitrogen and oxygen atoms in total. The van der Waals surface area contributed by atoms with E-state index in [-0.39, 0.29) is 6.61 Å². The summed E-state index contributed by atoms with van der Waals surface area (Å²) in [6.45, 7) is 10.1. The number of hydrogen-bond acceptors (Lipinski definition) is 2. The average molecular weight is 230 g/mol. The van der Waals surface area contributed by atoms with Crippen molar-refractivity contribution >= 4 is 11.6 Å². The first-order valence-electron chi connectivity index (χ1n) is 5.82. The van der Waals surface area contributed by atoms with Gasteiger partial charge in [0.25, 0.3) is 0 Å². The van der Waals surface area contributed by atoms with Gasteiger partial charge in [-0.3, -0.25) is 0 Å². The van der Waals surface area contributed by atoms with E-state index >= 15 is 0 Å². The standard InChI is InChI=1S/C15H18O2/c1-8-7-13-14(9(8)2)10(3)12(5-6-16)11(4)15(13)17/h7,16-17H,2,5-6H2,1,3-4H3. The van der Waals surface area contributed by atoms with E-state index in [1.54, 1.807) is 0 Å². The fraction of sp³-hybridized carbons (Fsp3) is 0.333. The minimum Gasteiger partial charge on any atom is -0.507 e. The summed E-state index contributed by atoms with van der Waals surface area (Å²) in [6, 6.07) is 0. The van der Waals surface area contributed by atoms with Crippen LogP contribution >= 0.6 is 0 Å². The number of fused-ring (bicyclic) bond motifs is 1. The number of aliphatic hydroxyl groups is 1. The number of aromatic hydroxyl groups is 1. The van der Waals surface area contributed by atoms with E-state index < -0.39 is 0 Å². The molecule has 0 radical (unpaired) electrons. The molecule has 0 aromatic heterocycles. The van der Waals surface area contributed by atoms with Crippen LogP contribution < -0.4 is 0 Å². The minimum absolute atomic E-state index is 0.0960. The molecule has 0 fully saturated rings. The Bertz CT molecular complexity index is 537. The highest BCUT2D eigenvalue weighted by Crippen LogP contribution is 2.44. The first-order chi connectivity index (χ1) is 7.99. The quantitative estimate of drug-likeness (QED) is 0.820. The molecule has 1 aromatic carbocycles. The smallest absolute Gasteiger partial charge is 0.126 e. The number of hydrogen-bond donors (Lipinski definition) is 2. The Morgan fingerprint density at radius 1 is 1.18 bits per heavy atom. The van der Waals surface area contributed by atoms with Gasteiger partial charge in [0.15, 0.2) is 0 Å². The second-order valence-electron chi connectivity index (χ2n) is 4.65. The predicted molar refractivity (Wildman–Crippen MR) is 71.1 cm³/mol. The summed E-state index contributed by atoms with van der Waals surface area (Å²) in [7, 11) is 0. The first kappa shape index (κ1) is 11.9. The fourth-order valence-electron chi connectivity index (χ4n) is 2.61. The summed E-state index contributed by atoms with van der Waals surface area (Å²) in [4.78, 5) is 0. The van der Waals surface area contributed by atoms with Crippen molar-refractivity contribution in [2.45, 2.75) is 27.2 Å². The van der Waals surface area contributed by atoms with Gasteiger partial charge >= 0.3 is 0 Å². The van der Waals surface area contributed by atoms with Crippen molar-refractivity contribution in [2.75, 3.05) is 6.61 Å². The van der Waals surface area contributed by atoms with E-state index in [1.165, 1.54) is 0 Å². The lowest BCUT2D eigenvalue weighted by molar-refractivity contribution is 0.299. The van der Waals surface area contributed by atoms with E-state index in [4.69, 9.17) is 5.11 Å². The van der Waals surface area contributed by atoms with Crippen LogP contribution in [0.3, 0.4) is 0 Å². The van der Waals surface area contributed by atoms with E-state index in [9.17, 15) is 5.11 Å². The van der Waals surface area contributed by atoms with Gasteiger partial charge in [-0.15, -0.1) is 0 Å². The van der Waals surface area contributed by atoms with Crippen molar-refractivity contribution in [1.82, 2.24) is 0 Å². The molecule has 1 aliphatic rings. The van der Waals surface area contributed by atoms with Crippen LogP contribution in [0.25, 0.3) is 11.6 Å². The van der Waals surface area contributed by atoms with Crippen LogP contribution in [-0.2, 0) is 6.42 Å². The molecule has 0 atom stereocenters. The third kappa shape index (κ3) is 1.60. The predicted octanol–water partition coefficient (Wildman–Crippen LogP) is 2.97. The molecule has 0 heterocycles. The van der Waals surface area contributed by atoms with Crippen molar-refractivity contribution in [1.29, 1.82) is 0 Å². The van der Waals surface area contributed by atoms with Crippen LogP contribution in [0.5, 0.6) is 5.75 Å². The van der Waals surface area contributed by atoms with Gasteiger partial charge in [-0.05, 0) is 66.7 Å². The molecule has 1 aliphatic carbocycles. The number of rotatable bonds is 2. The molecule has 2 N–H and O–H groups in total. The lowest BCUT2D eigenvalue weighted by Gasteiger charge is -2.17. The summed E-state index contributed by atoms with van der Waals surface area (Å²) in [5.41, 5.74) is 7.02. The van der Waals surface area contributed by atoms with Gasteiger partial charge in [0.1, 0.15) is 5.75 Å². The number of phenols is 1. The molecule has 2 heteroatoms. The molecule has 0 amide bonds. The molecule has 0 unspecified atom stereocenters. The van der Waals surface area contributed by atoms with Crippen molar-refractivity contribution in [3.05, 3.63) is 40.0 Å². The Hall–Kier alpha value is -1.54. The van der Waals surface area contributed by atoms with Crippen LogP contribution in [0.15, 0.2) is 12.2 Å². The number of benzene rings is 1. The monoisotopic (exact) mass is 230 g/mol. The van der Waals surface area contributed by atoms with Gasteiger partial charge in [-0.2, -0.15) is 0 Å². The highest BCUT2D eigenvalue weighted by Gasteiger charge is 2.24. The van der Waals surface area contributed by atoms with Crippen molar-refractivity contribution in [3.63, 3.8) is 0 Å². The molecular weight excluding hydrogens is 212 g/mol. The fourth-order valence-corrected chi connectivity index (χ4v) is 2.61. The van der Waals surface area contributed by atoms with Crippen molar-refractivity contribution in [3.8, 4) is 5.75 Å². The van der Waals surface area contributed by atoms with Gasteiger partial charge < -0.3 is 10.2 Å². The van der Waals surface area contributed by atoms with Crippen LogP contribution in [0.2, 0.25) is 0 Å². The maximum atomic E-state index is 10.2. The lowest BCUT2D eigenvalue weighted by Crippen LogP contribution is -2.02. The molecule has 0 spiro atoms. The normalized spacial score (nSPS) is 13.9. The van der Waals surface area contributed by atoms with Crippen molar-refractivity contribution in [2.24, 2.45) is 0 Å². The molecule has 0 aliphatic heterocycles. The Kier molecular flexibility index (Phi) is 2.84. The van der Waals surface area contributed by atoms with Crippen LogP contribution in [0.1, 0.15) is 34.7 Å². The van der Waals surface area contributed by atoms with Crippen molar-refractivity contribution < 1.29 is 10.2 Å². The minimum atomic E-state index is 0.0960. The van der Waals surface area contributed by atoms with E-state index in [0.717, 1.165) is 39.0 Å². The Morgan fingerprint density at radius 2 is 1.82 bits per heavy atom. The van der Waals surface area contributed by atoms with Gasteiger partial charge in [0.2, 0.25) is 0 Å². The molecule has 1 aromatic rings. The average Bonchev–Trinajstić information content (AvgIpc) is 2.59. The van der Waals surface area contributed by atoms with Gasteiger partial charge in [-0.1, -0.05) is 6.58 Å². The summed E-state index contributed by atoms with van der Waals surface area (Å²) in [5, 5.41) is 19.3. The molecular formula is C15H18O2. The second kappa shape index (κ2) is 4.04. The Morgan fingerprint density at radius 3 is 2.41 bits per heavy atom. The maximum absolute atomic E-state index is 10.2. The van der Waals surface area contributed by atoms with Crippen LogP contribution in [0.4, 0.5) is 0 Å². The number of allylic oxidation sites excluding steroid dienone is 2. The van der Waals surface area contributed by atoms with Crippen LogP contribution in [-0.4, -0.2) is 16.8 Å². The summed E-state index contributed by atoms with van der Waals surface area (Å²) in [6.07, 6.45) is 2.56. The zero-order chi connectivity index (χ0) is 12.7. The van der Waals surface area contributed by atoms with Gasteiger partial charge in [0, 0.05) is 12.2 Å². The largest absolute Gasteiger partial charge is 0.507 e. The number of aliphatic hydroxyl groups excluding tert-OH is 1. The lowest BCUT2D eigenvalue weighted by atomic mass is 9.89.